The third-order valence-corrected chi connectivity index (χ3v) is 2.87. The van der Waals surface area contributed by atoms with E-state index in [1.165, 1.54) is 0 Å². The lowest BCUT2D eigenvalue weighted by Crippen LogP contribution is -2.35. The van der Waals surface area contributed by atoms with Crippen LogP contribution >= 0.6 is 0 Å². The lowest BCUT2D eigenvalue weighted by atomic mass is 10.2. The molecule has 6 nitrogen and oxygen atoms in total. The van der Waals surface area contributed by atoms with E-state index < -0.39 is 17.8 Å². The van der Waals surface area contributed by atoms with Crippen LogP contribution in [0.4, 0.5) is 5.69 Å². The highest BCUT2D eigenvalue weighted by Crippen LogP contribution is 2.08. The van der Waals surface area contributed by atoms with Crippen molar-refractivity contribution in [3.63, 3.8) is 0 Å². The predicted molar refractivity (Wildman–Crippen MR) is 78.9 cm³/mol. The Hall–Kier alpha value is -2.37. The number of benzene rings is 1. The van der Waals surface area contributed by atoms with Crippen molar-refractivity contribution in [2.75, 3.05) is 11.9 Å². The first-order chi connectivity index (χ1) is 9.99. The number of carbonyl (C=O) groups is 3. The fraction of sp³-hybridized carbons (Fsp3) is 0.400. The van der Waals surface area contributed by atoms with Crippen LogP contribution in [0.5, 0.6) is 0 Å². The van der Waals surface area contributed by atoms with Gasteiger partial charge in [-0.2, -0.15) is 0 Å². The second-order valence-corrected chi connectivity index (χ2v) is 4.78. The van der Waals surface area contributed by atoms with Crippen molar-refractivity contribution in [2.24, 2.45) is 0 Å². The van der Waals surface area contributed by atoms with Crippen LogP contribution in [0.25, 0.3) is 0 Å². The zero-order chi connectivity index (χ0) is 15.7. The maximum atomic E-state index is 11.6. The molecule has 1 aromatic carbocycles. The first-order valence-electron chi connectivity index (χ1n) is 6.86. The van der Waals surface area contributed by atoms with Crippen LogP contribution < -0.4 is 10.6 Å². The SMILES string of the molecule is Cc1ccc(NC(=O)C(=O)NCCCCCC(=O)O)cc1. The second kappa shape index (κ2) is 8.73. The van der Waals surface area contributed by atoms with E-state index in [-0.39, 0.29) is 6.42 Å². The van der Waals surface area contributed by atoms with Gasteiger partial charge in [0, 0.05) is 18.7 Å². The van der Waals surface area contributed by atoms with Gasteiger partial charge in [-0.15, -0.1) is 0 Å². The van der Waals surface area contributed by atoms with Crippen LogP contribution in [-0.2, 0) is 14.4 Å². The van der Waals surface area contributed by atoms with Crippen molar-refractivity contribution in [3.05, 3.63) is 29.8 Å². The predicted octanol–water partition coefficient (Wildman–Crippen LogP) is 1.69. The lowest BCUT2D eigenvalue weighted by Gasteiger charge is -2.06. The third-order valence-electron chi connectivity index (χ3n) is 2.87. The average Bonchev–Trinajstić information content (AvgIpc) is 2.44. The summed E-state index contributed by atoms with van der Waals surface area (Å²) in [6, 6.07) is 7.14. The molecule has 0 aliphatic carbocycles. The monoisotopic (exact) mass is 292 g/mol. The van der Waals surface area contributed by atoms with Crippen LogP contribution in [0.2, 0.25) is 0 Å². The molecule has 0 bridgehead atoms. The van der Waals surface area contributed by atoms with E-state index in [9.17, 15) is 14.4 Å². The summed E-state index contributed by atoms with van der Waals surface area (Å²) in [6.07, 6.45) is 2.05. The molecule has 0 aliphatic heterocycles. The Labute approximate surface area is 123 Å². The number of carbonyl (C=O) groups excluding carboxylic acids is 2. The molecule has 0 aromatic heterocycles. The highest BCUT2D eigenvalue weighted by molar-refractivity contribution is 6.39. The maximum absolute atomic E-state index is 11.6. The highest BCUT2D eigenvalue weighted by atomic mass is 16.4. The van der Waals surface area contributed by atoms with Crippen LogP contribution in [-0.4, -0.2) is 29.4 Å². The molecule has 21 heavy (non-hydrogen) atoms. The van der Waals surface area contributed by atoms with Crippen molar-refractivity contribution in [2.45, 2.75) is 32.6 Å². The summed E-state index contributed by atoms with van der Waals surface area (Å²) < 4.78 is 0. The molecule has 0 fully saturated rings. The van der Waals surface area contributed by atoms with E-state index in [2.05, 4.69) is 10.6 Å². The Bertz CT molecular complexity index is 497. The summed E-state index contributed by atoms with van der Waals surface area (Å²) in [5.41, 5.74) is 1.64. The smallest absolute Gasteiger partial charge is 0.313 e. The van der Waals surface area contributed by atoms with Crippen LogP contribution in [0.15, 0.2) is 24.3 Å². The summed E-state index contributed by atoms with van der Waals surface area (Å²) in [4.78, 5) is 33.4. The van der Waals surface area contributed by atoms with Gasteiger partial charge in [-0.1, -0.05) is 24.1 Å². The molecule has 0 saturated heterocycles. The molecule has 0 atom stereocenters. The summed E-state index contributed by atoms with van der Waals surface area (Å²) >= 11 is 0. The van der Waals surface area contributed by atoms with Crippen LogP contribution in [0.1, 0.15) is 31.2 Å². The van der Waals surface area contributed by atoms with Gasteiger partial charge in [-0.05, 0) is 31.9 Å². The minimum Gasteiger partial charge on any atom is -0.481 e. The first kappa shape index (κ1) is 16.7. The Kier molecular flexibility index (Phi) is 6.94. The minimum absolute atomic E-state index is 0.127. The number of unbranched alkanes of at least 4 members (excludes halogenated alkanes) is 2. The number of anilines is 1. The zero-order valence-corrected chi connectivity index (χ0v) is 12.0. The molecule has 0 saturated carbocycles. The van der Waals surface area contributed by atoms with E-state index in [1.807, 2.05) is 19.1 Å². The molecule has 1 rings (SSSR count). The van der Waals surface area contributed by atoms with Gasteiger partial charge >= 0.3 is 17.8 Å². The summed E-state index contributed by atoms with van der Waals surface area (Å²) in [7, 11) is 0. The second-order valence-electron chi connectivity index (χ2n) is 4.78. The number of carboxylic acid groups (broad SMARTS) is 1. The van der Waals surface area contributed by atoms with Gasteiger partial charge in [-0.25, -0.2) is 0 Å². The Balaban J connectivity index is 2.21. The zero-order valence-electron chi connectivity index (χ0n) is 12.0. The summed E-state index contributed by atoms with van der Waals surface area (Å²) in [6.45, 7) is 2.29. The van der Waals surface area contributed by atoms with Gasteiger partial charge < -0.3 is 15.7 Å². The Morgan fingerprint density at radius 2 is 1.67 bits per heavy atom. The molecular formula is C15H20N2O4. The van der Waals surface area contributed by atoms with Gasteiger partial charge in [0.05, 0.1) is 0 Å². The standard InChI is InChI=1S/C15H20N2O4/c1-11-6-8-12(9-7-11)17-15(21)14(20)16-10-4-2-3-5-13(18)19/h6-9H,2-5,10H2,1H3,(H,16,20)(H,17,21)(H,18,19). The van der Waals surface area contributed by atoms with Crippen molar-refractivity contribution in [3.8, 4) is 0 Å². The van der Waals surface area contributed by atoms with Crippen molar-refractivity contribution in [1.82, 2.24) is 5.32 Å². The first-order valence-corrected chi connectivity index (χ1v) is 6.86. The number of nitrogens with one attached hydrogen (secondary N) is 2. The molecular weight excluding hydrogens is 272 g/mol. The highest BCUT2D eigenvalue weighted by Gasteiger charge is 2.12. The van der Waals surface area contributed by atoms with E-state index in [0.717, 1.165) is 5.56 Å². The molecule has 0 heterocycles. The van der Waals surface area contributed by atoms with E-state index in [4.69, 9.17) is 5.11 Å². The fourth-order valence-corrected chi connectivity index (χ4v) is 1.68. The number of aliphatic carboxylic acids is 1. The Morgan fingerprint density at radius 3 is 2.29 bits per heavy atom. The number of rotatable bonds is 7. The van der Waals surface area contributed by atoms with Crippen molar-refractivity contribution >= 4 is 23.5 Å². The molecule has 114 valence electrons. The summed E-state index contributed by atoms with van der Waals surface area (Å²) in [5, 5.41) is 13.5. The van der Waals surface area contributed by atoms with Crippen LogP contribution in [0.3, 0.4) is 0 Å². The van der Waals surface area contributed by atoms with Gasteiger partial charge in [0.1, 0.15) is 0 Å². The number of aryl methyl sites for hydroxylation is 1. The third kappa shape index (κ3) is 7.10. The fourth-order valence-electron chi connectivity index (χ4n) is 1.68. The topological polar surface area (TPSA) is 95.5 Å². The normalized spacial score (nSPS) is 9.95. The molecule has 0 aliphatic rings. The quantitative estimate of drug-likeness (QED) is 0.526. The largest absolute Gasteiger partial charge is 0.481 e. The molecule has 3 N–H and O–H groups in total. The van der Waals surface area contributed by atoms with E-state index >= 15 is 0 Å². The molecule has 6 heteroatoms. The average molecular weight is 292 g/mol. The van der Waals surface area contributed by atoms with Crippen molar-refractivity contribution in [1.29, 1.82) is 0 Å². The molecule has 0 spiro atoms. The van der Waals surface area contributed by atoms with E-state index in [1.54, 1.807) is 12.1 Å². The summed E-state index contributed by atoms with van der Waals surface area (Å²) in [5.74, 6) is -2.21. The molecule has 0 unspecified atom stereocenters. The molecule has 2 amide bonds. The Morgan fingerprint density at radius 1 is 1.00 bits per heavy atom. The van der Waals surface area contributed by atoms with E-state index in [0.29, 0.717) is 31.5 Å². The number of hydrogen-bond acceptors (Lipinski definition) is 3. The van der Waals surface area contributed by atoms with Gasteiger partial charge in [-0.3, -0.25) is 14.4 Å². The minimum atomic E-state index is -0.823. The van der Waals surface area contributed by atoms with Gasteiger partial charge in [0.25, 0.3) is 0 Å². The van der Waals surface area contributed by atoms with Gasteiger partial charge in [0.15, 0.2) is 0 Å². The number of carboxylic acids is 1. The van der Waals surface area contributed by atoms with Gasteiger partial charge in [0.2, 0.25) is 0 Å². The molecule has 1 aromatic rings. The van der Waals surface area contributed by atoms with Crippen molar-refractivity contribution < 1.29 is 19.5 Å². The van der Waals surface area contributed by atoms with Crippen LogP contribution in [0, 0.1) is 6.92 Å². The lowest BCUT2D eigenvalue weighted by molar-refractivity contribution is -0.137. The number of amides is 2. The maximum Gasteiger partial charge on any atom is 0.313 e. The molecule has 0 radical (unpaired) electrons. The number of hydrogen-bond donors (Lipinski definition) is 3.